The Morgan fingerprint density at radius 1 is 1.38 bits per heavy atom. The molecule has 2 rings (SSSR count). The van der Waals surface area contributed by atoms with Crippen LogP contribution in [0.15, 0.2) is 9.59 Å². The van der Waals surface area contributed by atoms with Crippen LogP contribution in [0.3, 0.4) is 0 Å². The summed E-state index contributed by atoms with van der Waals surface area (Å²) in [6.07, 6.45) is -6.06. The van der Waals surface area contributed by atoms with Crippen molar-refractivity contribution in [1.82, 2.24) is 9.55 Å². The van der Waals surface area contributed by atoms with Crippen molar-refractivity contribution in [3.8, 4) is 0 Å². The average molecular weight is 345 g/mol. The molecule has 11 heteroatoms. The predicted molar refractivity (Wildman–Crippen MR) is 79.1 cm³/mol. The summed E-state index contributed by atoms with van der Waals surface area (Å²) in [5.74, 6) is -1.12. The molecule has 11 nitrogen and oxygen atoms in total. The number of carbonyl (C=O) groups is 1. The highest BCUT2D eigenvalue weighted by molar-refractivity contribution is 5.74. The average Bonchev–Trinajstić information content (AvgIpc) is 2.80. The van der Waals surface area contributed by atoms with E-state index in [2.05, 4.69) is 0 Å². The van der Waals surface area contributed by atoms with Gasteiger partial charge in [0.1, 0.15) is 24.1 Å². The van der Waals surface area contributed by atoms with Gasteiger partial charge < -0.3 is 30.5 Å². The minimum Gasteiger partial charge on any atom is -0.466 e. The Morgan fingerprint density at radius 2 is 2.04 bits per heavy atom. The van der Waals surface area contributed by atoms with Crippen molar-refractivity contribution in [2.24, 2.45) is 0 Å². The van der Waals surface area contributed by atoms with E-state index in [-0.39, 0.29) is 12.2 Å². The van der Waals surface area contributed by atoms with Gasteiger partial charge in [0.25, 0.3) is 5.56 Å². The van der Waals surface area contributed by atoms with Crippen LogP contribution in [0.2, 0.25) is 0 Å². The van der Waals surface area contributed by atoms with E-state index in [0.29, 0.717) is 0 Å². The van der Waals surface area contributed by atoms with Crippen molar-refractivity contribution >= 4 is 11.8 Å². The lowest BCUT2D eigenvalue weighted by atomic mass is 10.1. The van der Waals surface area contributed by atoms with Crippen LogP contribution in [0, 0.1) is 0 Å². The third-order valence-electron chi connectivity index (χ3n) is 3.68. The number of aromatic amines is 1. The third-order valence-corrected chi connectivity index (χ3v) is 3.68. The van der Waals surface area contributed by atoms with Crippen LogP contribution in [0.25, 0.3) is 0 Å². The second-order valence-electron chi connectivity index (χ2n) is 5.20. The molecule has 24 heavy (non-hydrogen) atoms. The molecule has 0 amide bonds. The van der Waals surface area contributed by atoms with Gasteiger partial charge in [0, 0.05) is 0 Å². The monoisotopic (exact) mass is 345 g/mol. The number of nitrogens with two attached hydrogens (primary N) is 1. The zero-order valence-corrected chi connectivity index (χ0v) is 12.8. The predicted octanol–water partition coefficient (Wildman–Crippen LogP) is -3.16. The summed E-state index contributed by atoms with van der Waals surface area (Å²) in [4.78, 5) is 37.5. The molecule has 0 radical (unpaired) electrons. The highest BCUT2D eigenvalue weighted by Crippen LogP contribution is 2.29. The van der Waals surface area contributed by atoms with Gasteiger partial charge in [0.15, 0.2) is 6.23 Å². The van der Waals surface area contributed by atoms with Gasteiger partial charge in [0.05, 0.1) is 25.2 Å². The normalized spacial score (nSPS) is 26.5. The first-order valence-corrected chi connectivity index (χ1v) is 7.23. The lowest BCUT2D eigenvalue weighted by Gasteiger charge is -2.20. The molecular formula is C13H19N3O8. The SMILES string of the molecule is CCOC(=O)Cc1c(N)n([C@@H]2O[C@H](CO)[C@@H](O)[C@H]2O)c(=O)[nH]c1=O. The topological polar surface area (TPSA) is 177 Å². The Bertz CT molecular complexity index is 727. The van der Waals surface area contributed by atoms with Crippen molar-refractivity contribution in [3.63, 3.8) is 0 Å². The number of hydrogen-bond acceptors (Lipinski definition) is 9. The Balaban J connectivity index is 2.46. The van der Waals surface area contributed by atoms with Crippen LogP contribution in [0.5, 0.6) is 0 Å². The van der Waals surface area contributed by atoms with E-state index in [1.807, 2.05) is 4.98 Å². The van der Waals surface area contributed by atoms with Gasteiger partial charge in [-0.1, -0.05) is 0 Å². The van der Waals surface area contributed by atoms with Crippen LogP contribution < -0.4 is 17.0 Å². The molecule has 1 aliphatic heterocycles. The molecule has 1 saturated heterocycles. The molecule has 0 aliphatic carbocycles. The number of nitrogens with zero attached hydrogens (tertiary/aromatic N) is 1. The fourth-order valence-corrected chi connectivity index (χ4v) is 2.48. The van der Waals surface area contributed by atoms with Gasteiger partial charge in [-0.2, -0.15) is 0 Å². The number of hydrogen-bond donors (Lipinski definition) is 5. The van der Waals surface area contributed by atoms with Crippen LogP contribution in [0.4, 0.5) is 5.82 Å². The minimum absolute atomic E-state index is 0.102. The molecule has 2 heterocycles. The Kier molecular flexibility index (Phi) is 5.39. The molecule has 0 spiro atoms. The van der Waals surface area contributed by atoms with E-state index < -0.39 is 60.6 Å². The Hall–Kier alpha value is -2.21. The number of nitrogen functional groups attached to an aromatic ring is 1. The first kappa shape index (κ1) is 18.1. The minimum atomic E-state index is -1.57. The maximum Gasteiger partial charge on any atom is 0.332 e. The number of aliphatic hydroxyl groups is 3. The smallest absolute Gasteiger partial charge is 0.332 e. The lowest BCUT2D eigenvalue weighted by Crippen LogP contribution is -2.41. The number of nitrogens with one attached hydrogen (secondary N) is 1. The number of aromatic nitrogens is 2. The van der Waals surface area contributed by atoms with Crippen LogP contribution in [-0.4, -0.2) is 62.4 Å². The molecule has 0 bridgehead atoms. The molecule has 1 aromatic heterocycles. The molecule has 134 valence electrons. The molecular weight excluding hydrogens is 326 g/mol. The summed E-state index contributed by atoms with van der Waals surface area (Å²) in [5.41, 5.74) is 3.72. The standard InChI is InChI=1S/C13H19N3O8/c1-2-23-7(18)3-5-10(14)16(13(22)15-11(5)21)12-9(20)8(19)6(4-17)24-12/h6,8-9,12,17,19-20H,2-4,14H2,1H3,(H,15,21,22)/t6-,8-,9-,12-/m1/s1. The molecule has 0 saturated carbocycles. The van der Waals surface area contributed by atoms with E-state index >= 15 is 0 Å². The molecule has 6 N–H and O–H groups in total. The maximum absolute atomic E-state index is 12.0. The maximum atomic E-state index is 12.0. The van der Waals surface area contributed by atoms with Crippen LogP contribution >= 0.6 is 0 Å². The summed E-state index contributed by atoms with van der Waals surface area (Å²) in [6, 6.07) is 0. The van der Waals surface area contributed by atoms with E-state index in [1.165, 1.54) is 0 Å². The number of rotatable bonds is 5. The Labute approximate surface area is 135 Å². The summed E-state index contributed by atoms with van der Waals surface area (Å²) in [5, 5.41) is 28.9. The largest absolute Gasteiger partial charge is 0.466 e. The van der Waals surface area contributed by atoms with Gasteiger partial charge in [-0.25, -0.2) is 9.36 Å². The molecule has 1 fully saturated rings. The van der Waals surface area contributed by atoms with Crippen molar-refractivity contribution in [3.05, 3.63) is 26.4 Å². The van der Waals surface area contributed by atoms with Gasteiger partial charge in [-0.15, -0.1) is 0 Å². The van der Waals surface area contributed by atoms with E-state index in [9.17, 15) is 24.6 Å². The van der Waals surface area contributed by atoms with E-state index in [4.69, 9.17) is 20.3 Å². The summed E-state index contributed by atoms with van der Waals surface area (Å²) in [6.45, 7) is 1.10. The highest BCUT2D eigenvalue weighted by atomic mass is 16.6. The number of aliphatic hydroxyl groups excluding tert-OH is 3. The number of H-pyrrole nitrogens is 1. The lowest BCUT2D eigenvalue weighted by molar-refractivity contribution is -0.142. The third kappa shape index (κ3) is 3.19. The van der Waals surface area contributed by atoms with Crippen molar-refractivity contribution < 1.29 is 29.6 Å². The number of carbonyl (C=O) groups excluding carboxylic acids is 1. The number of esters is 1. The van der Waals surface area contributed by atoms with Crippen molar-refractivity contribution in [2.75, 3.05) is 18.9 Å². The number of ether oxygens (including phenoxy) is 2. The second kappa shape index (κ2) is 7.13. The molecule has 4 atom stereocenters. The van der Waals surface area contributed by atoms with Crippen molar-refractivity contribution in [2.45, 2.75) is 37.9 Å². The summed E-state index contributed by atoms with van der Waals surface area (Å²) in [7, 11) is 0. The number of anilines is 1. The van der Waals surface area contributed by atoms with Gasteiger partial charge >= 0.3 is 11.7 Å². The fourth-order valence-electron chi connectivity index (χ4n) is 2.48. The molecule has 1 aliphatic rings. The van der Waals surface area contributed by atoms with Gasteiger partial charge in [-0.3, -0.25) is 14.6 Å². The Morgan fingerprint density at radius 3 is 2.58 bits per heavy atom. The van der Waals surface area contributed by atoms with Crippen LogP contribution in [-0.2, 0) is 20.7 Å². The van der Waals surface area contributed by atoms with E-state index in [1.54, 1.807) is 6.92 Å². The second-order valence-corrected chi connectivity index (χ2v) is 5.20. The quantitative estimate of drug-likeness (QED) is 0.344. The summed E-state index contributed by atoms with van der Waals surface area (Å²) >= 11 is 0. The molecule has 1 aromatic rings. The van der Waals surface area contributed by atoms with Crippen LogP contribution in [0.1, 0.15) is 18.7 Å². The molecule has 0 aromatic carbocycles. The first-order chi connectivity index (χ1) is 11.3. The zero-order chi connectivity index (χ0) is 18.0. The highest BCUT2D eigenvalue weighted by Gasteiger charge is 2.44. The zero-order valence-electron chi connectivity index (χ0n) is 12.8. The van der Waals surface area contributed by atoms with Gasteiger partial charge in [-0.05, 0) is 6.92 Å². The van der Waals surface area contributed by atoms with Crippen molar-refractivity contribution in [1.29, 1.82) is 0 Å². The molecule has 0 unspecified atom stereocenters. The first-order valence-electron chi connectivity index (χ1n) is 7.23. The summed E-state index contributed by atoms with van der Waals surface area (Å²) < 4.78 is 10.7. The fraction of sp³-hybridized carbons (Fsp3) is 0.615. The van der Waals surface area contributed by atoms with Gasteiger partial charge in [0.2, 0.25) is 0 Å². The van der Waals surface area contributed by atoms with E-state index in [0.717, 1.165) is 4.57 Å².